The average molecular weight is 257 g/mol. The minimum absolute atomic E-state index is 0.737. The van der Waals surface area contributed by atoms with Gasteiger partial charge in [0, 0.05) is 6.54 Å². The molecule has 0 unspecified atom stereocenters. The second-order valence-electron chi connectivity index (χ2n) is 4.85. The molecule has 1 aromatic heterocycles. The largest absolute Gasteiger partial charge is 0.489 e. The van der Waals surface area contributed by atoms with E-state index in [0.29, 0.717) is 0 Å². The Morgan fingerprint density at radius 1 is 1.11 bits per heavy atom. The van der Waals surface area contributed by atoms with Crippen molar-refractivity contribution in [2.45, 2.75) is 12.8 Å². The lowest BCUT2D eigenvalue weighted by atomic mass is 10.3. The van der Waals surface area contributed by atoms with Crippen LogP contribution in [0.2, 0.25) is 0 Å². The number of para-hydroxylation sites is 1. The maximum Gasteiger partial charge on any atom is 0.157 e. The second kappa shape index (κ2) is 5.89. The van der Waals surface area contributed by atoms with Gasteiger partial charge in [0.2, 0.25) is 0 Å². The SMILES string of the molecule is c1ccc(-n2cc(OCCN3CCCC3)cn2)cc1. The molecule has 2 heterocycles. The molecule has 4 nitrogen and oxygen atoms in total. The van der Waals surface area contributed by atoms with Gasteiger partial charge >= 0.3 is 0 Å². The standard InChI is InChI=1S/C15H19N3O/c1-2-6-14(7-3-1)18-13-15(12-16-18)19-11-10-17-8-4-5-9-17/h1-3,6-7,12-13H,4-5,8-11H2. The van der Waals surface area contributed by atoms with Crippen LogP contribution in [0.15, 0.2) is 42.7 Å². The molecule has 100 valence electrons. The zero-order valence-corrected chi connectivity index (χ0v) is 11.0. The molecule has 1 saturated heterocycles. The number of rotatable bonds is 5. The first-order valence-corrected chi connectivity index (χ1v) is 6.87. The van der Waals surface area contributed by atoms with E-state index in [0.717, 1.165) is 24.6 Å². The van der Waals surface area contributed by atoms with Crippen LogP contribution in [0.5, 0.6) is 5.75 Å². The summed E-state index contributed by atoms with van der Waals surface area (Å²) >= 11 is 0. The van der Waals surface area contributed by atoms with Crippen molar-refractivity contribution in [1.29, 1.82) is 0 Å². The van der Waals surface area contributed by atoms with E-state index in [2.05, 4.69) is 10.00 Å². The molecule has 19 heavy (non-hydrogen) atoms. The minimum Gasteiger partial charge on any atom is -0.489 e. The van der Waals surface area contributed by atoms with Gasteiger partial charge in [-0.15, -0.1) is 0 Å². The molecular formula is C15H19N3O. The number of ether oxygens (including phenoxy) is 1. The molecule has 0 amide bonds. The van der Waals surface area contributed by atoms with Crippen molar-refractivity contribution < 1.29 is 4.74 Å². The van der Waals surface area contributed by atoms with Crippen LogP contribution in [0, 0.1) is 0 Å². The Morgan fingerprint density at radius 2 is 1.89 bits per heavy atom. The summed E-state index contributed by atoms with van der Waals surface area (Å²) in [7, 11) is 0. The summed E-state index contributed by atoms with van der Waals surface area (Å²) in [6.45, 7) is 4.18. The number of likely N-dealkylation sites (tertiary alicyclic amines) is 1. The Kier molecular flexibility index (Phi) is 3.79. The van der Waals surface area contributed by atoms with Crippen LogP contribution >= 0.6 is 0 Å². The van der Waals surface area contributed by atoms with Crippen LogP contribution in [-0.4, -0.2) is 40.9 Å². The van der Waals surface area contributed by atoms with Crippen LogP contribution in [-0.2, 0) is 0 Å². The van der Waals surface area contributed by atoms with Gasteiger partial charge in [-0.25, -0.2) is 4.68 Å². The molecule has 1 aliphatic heterocycles. The average Bonchev–Trinajstić information content (AvgIpc) is 3.11. The van der Waals surface area contributed by atoms with Crippen LogP contribution in [0.25, 0.3) is 5.69 Å². The molecule has 0 atom stereocenters. The van der Waals surface area contributed by atoms with Gasteiger partial charge in [-0.2, -0.15) is 5.10 Å². The summed E-state index contributed by atoms with van der Waals surface area (Å²) in [4.78, 5) is 2.45. The summed E-state index contributed by atoms with van der Waals surface area (Å²) in [6.07, 6.45) is 6.36. The molecule has 3 rings (SSSR count). The maximum atomic E-state index is 5.75. The van der Waals surface area contributed by atoms with Crippen LogP contribution in [0.3, 0.4) is 0 Å². The number of nitrogens with zero attached hydrogens (tertiary/aromatic N) is 3. The van der Waals surface area contributed by atoms with E-state index in [1.807, 2.05) is 41.2 Å². The fourth-order valence-electron chi connectivity index (χ4n) is 2.40. The maximum absolute atomic E-state index is 5.75. The molecule has 0 bridgehead atoms. The third-order valence-electron chi connectivity index (χ3n) is 3.45. The first kappa shape index (κ1) is 12.2. The van der Waals surface area contributed by atoms with Gasteiger partial charge in [0.25, 0.3) is 0 Å². The molecule has 2 aromatic rings. The Morgan fingerprint density at radius 3 is 2.68 bits per heavy atom. The molecule has 0 spiro atoms. The van der Waals surface area contributed by atoms with Gasteiger partial charge in [-0.05, 0) is 38.1 Å². The molecule has 0 saturated carbocycles. The number of benzene rings is 1. The van der Waals surface area contributed by atoms with E-state index in [4.69, 9.17) is 4.74 Å². The first-order valence-electron chi connectivity index (χ1n) is 6.87. The van der Waals surface area contributed by atoms with Crippen molar-refractivity contribution in [3.63, 3.8) is 0 Å². The van der Waals surface area contributed by atoms with Crippen LogP contribution in [0.1, 0.15) is 12.8 Å². The molecule has 0 radical (unpaired) electrons. The van der Waals surface area contributed by atoms with Crippen LogP contribution in [0.4, 0.5) is 0 Å². The fourth-order valence-corrected chi connectivity index (χ4v) is 2.40. The smallest absolute Gasteiger partial charge is 0.157 e. The van der Waals surface area contributed by atoms with E-state index in [1.54, 1.807) is 6.20 Å². The third kappa shape index (κ3) is 3.15. The summed E-state index contributed by atoms with van der Waals surface area (Å²) in [5.74, 6) is 0.836. The predicted molar refractivity (Wildman–Crippen MR) is 74.7 cm³/mol. The molecule has 1 aromatic carbocycles. The van der Waals surface area contributed by atoms with Gasteiger partial charge < -0.3 is 4.74 Å². The third-order valence-corrected chi connectivity index (χ3v) is 3.45. The molecule has 1 fully saturated rings. The lowest BCUT2D eigenvalue weighted by Crippen LogP contribution is -2.24. The highest BCUT2D eigenvalue weighted by molar-refractivity contribution is 5.32. The Bertz CT molecular complexity index is 503. The van der Waals surface area contributed by atoms with E-state index in [-0.39, 0.29) is 0 Å². The number of hydrogen-bond donors (Lipinski definition) is 0. The van der Waals surface area contributed by atoms with Crippen molar-refractivity contribution in [1.82, 2.24) is 14.7 Å². The van der Waals surface area contributed by atoms with Gasteiger partial charge in [0.05, 0.1) is 18.1 Å². The van der Waals surface area contributed by atoms with Gasteiger partial charge in [0.15, 0.2) is 5.75 Å². The molecule has 0 N–H and O–H groups in total. The Balaban J connectivity index is 1.53. The lowest BCUT2D eigenvalue weighted by Gasteiger charge is -2.13. The number of hydrogen-bond acceptors (Lipinski definition) is 3. The molecule has 1 aliphatic rings. The van der Waals surface area contributed by atoms with Gasteiger partial charge in [-0.1, -0.05) is 18.2 Å². The first-order chi connectivity index (χ1) is 9.42. The van der Waals surface area contributed by atoms with Crippen LogP contribution < -0.4 is 4.74 Å². The van der Waals surface area contributed by atoms with Gasteiger partial charge in [0.1, 0.15) is 6.61 Å². The quantitative estimate of drug-likeness (QED) is 0.823. The highest BCUT2D eigenvalue weighted by atomic mass is 16.5. The molecule has 4 heteroatoms. The molecule has 0 aliphatic carbocycles. The zero-order chi connectivity index (χ0) is 12.9. The fraction of sp³-hybridized carbons (Fsp3) is 0.400. The van der Waals surface area contributed by atoms with Crippen molar-refractivity contribution in [2.75, 3.05) is 26.2 Å². The molecular weight excluding hydrogens is 238 g/mol. The normalized spacial score (nSPS) is 15.8. The van der Waals surface area contributed by atoms with E-state index < -0.39 is 0 Å². The van der Waals surface area contributed by atoms with E-state index >= 15 is 0 Å². The van der Waals surface area contributed by atoms with Crippen molar-refractivity contribution >= 4 is 0 Å². The lowest BCUT2D eigenvalue weighted by molar-refractivity contribution is 0.237. The second-order valence-corrected chi connectivity index (χ2v) is 4.85. The number of aromatic nitrogens is 2. The van der Waals surface area contributed by atoms with Gasteiger partial charge in [-0.3, -0.25) is 4.90 Å². The summed E-state index contributed by atoms with van der Waals surface area (Å²) in [5, 5.41) is 4.31. The summed E-state index contributed by atoms with van der Waals surface area (Å²) < 4.78 is 7.58. The summed E-state index contributed by atoms with van der Waals surface area (Å²) in [6, 6.07) is 10.1. The topological polar surface area (TPSA) is 30.3 Å². The van der Waals surface area contributed by atoms with Crippen molar-refractivity contribution in [3.8, 4) is 11.4 Å². The Labute approximate surface area is 113 Å². The zero-order valence-electron chi connectivity index (χ0n) is 11.0. The highest BCUT2D eigenvalue weighted by Gasteiger charge is 2.11. The van der Waals surface area contributed by atoms with Crippen molar-refractivity contribution in [3.05, 3.63) is 42.7 Å². The van der Waals surface area contributed by atoms with Crippen molar-refractivity contribution in [2.24, 2.45) is 0 Å². The highest BCUT2D eigenvalue weighted by Crippen LogP contribution is 2.13. The summed E-state index contributed by atoms with van der Waals surface area (Å²) in [5.41, 5.74) is 1.05. The van der Waals surface area contributed by atoms with E-state index in [1.165, 1.54) is 25.9 Å². The minimum atomic E-state index is 0.737. The predicted octanol–water partition coefficient (Wildman–Crippen LogP) is 2.35. The Hall–Kier alpha value is -1.81. The van der Waals surface area contributed by atoms with E-state index in [9.17, 15) is 0 Å². The monoisotopic (exact) mass is 257 g/mol.